The molecule has 1 atom stereocenters. The Labute approximate surface area is 129 Å². The van der Waals surface area contributed by atoms with E-state index in [0.29, 0.717) is 24.8 Å². The van der Waals surface area contributed by atoms with Crippen LogP contribution in [0.5, 0.6) is 0 Å². The SMILES string of the molecule is CC(C)CC(CN)CC(=O)NC12CC3CC(CC(C3)C1)C2. The fourth-order valence-electron chi connectivity index (χ4n) is 5.80. The second-order valence-electron chi connectivity index (χ2n) is 8.68. The number of carbonyl (C=O) groups excluding carboxylic acids is 1. The molecule has 0 aliphatic heterocycles. The molecule has 4 bridgehead atoms. The third-order valence-corrected chi connectivity index (χ3v) is 6.05. The van der Waals surface area contributed by atoms with Crippen LogP contribution in [0.2, 0.25) is 0 Å². The molecule has 3 heteroatoms. The van der Waals surface area contributed by atoms with Gasteiger partial charge in [0, 0.05) is 12.0 Å². The van der Waals surface area contributed by atoms with Crippen molar-refractivity contribution in [2.75, 3.05) is 6.54 Å². The molecule has 4 aliphatic rings. The third-order valence-electron chi connectivity index (χ3n) is 6.05. The van der Waals surface area contributed by atoms with Crippen molar-refractivity contribution in [2.24, 2.45) is 35.3 Å². The highest BCUT2D eigenvalue weighted by Crippen LogP contribution is 2.55. The first-order chi connectivity index (χ1) is 9.98. The zero-order chi connectivity index (χ0) is 15.0. The zero-order valence-corrected chi connectivity index (χ0v) is 13.7. The Morgan fingerprint density at radius 1 is 1.14 bits per heavy atom. The van der Waals surface area contributed by atoms with Gasteiger partial charge in [-0.3, -0.25) is 4.79 Å². The molecule has 3 N–H and O–H groups in total. The summed E-state index contributed by atoms with van der Waals surface area (Å²) in [6, 6.07) is 0. The van der Waals surface area contributed by atoms with E-state index in [1.807, 2.05) is 0 Å². The molecular weight excluding hydrogens is 260 g/mol. The lowest BCUT2D eigenvalue weighted by molar-refractivity contribution is -0.127. The number of hydrogen-bond donors (Lipinski definition) is 2. The highest BCUT2D eigenvalue weighted by molar-refractivity contribution is 5.77. The van der Waals surface area contributed by atoms with E-state index in [0.717, 1.165) is 24.2 Å². The van der Waals surface area contributed by atoms with Crippen LogP contribution in [0.25, 0.3) is 0 Å². The fourth-order valence-corrected chi connectivity index (χ4v) is 5.80. The van der Waals surface area contributed by atoms with Gasteiger partial charge in [0.05, 0.1) is 0 Å². The van der Waals surface area contributed by atoms with Gasteiger partial charge in [-0.1, -0.05) is 13.8 Å². The van der Waals surface area contributed by atoms with Gasteiger partial charge in [-0.15, -0.1) is 0 Å². The van der Waals surface area contributed by atoms with Crippen LogP contribution in [0, 0.1) is 29.6 Å². The van der Waals surface area contributed by atoms with Crippen molar-refractivity contribution in [1.29, 1.82) is 0 Å². The van der Waals surface area contributed by atoms with Crippen LogP contribution in [0.15, 0.2) is 0 Å². The van der Waals surface area contributed by atoms with Gasteiger partial charge in [0.1, 0.15) is 0 Å². The molecule has 3 nitrogen and oxygen atoms in total. The van der Waals surface area contributed by atoms with Gasteiger partial charge in [-0.25, -0.2) is 0 Å². The molecule has 21 heavy (non-hydrogen) atoms. The molecule has 0 saturated heterocycles. The van der Waals surface area contributed by atoms with Crippen LogP contribution in [0.1, 0.15) is 65.2 Å². The van der Waals surface area contributed by atoms with Crippen LogP contribution in [0.3, 0.4) is 0 Å². The molecule has 4 aliphatic carbocycles. The van der Waals surface area contributed by atoms with Crippen molar-refractivity contribution in [1.82, 2.24) is 5.32 Å². The molecule has 0 spiro atoms. The van der Waals surface area contributed by atoms with Gasteiger partial charge in [-0.05, 0) is 81.1 Å². The Balaban J connectivity index is 1.57. The van der Waals surface area contributed by atoms with Crippen molar-refractivity contribution < 1.29 is 4.79 Å². The summed E-state index contributed by atoms with van der Waals surface area (Å²) in [6.45, 7) is 5.05. The van der Waals surface area contributed by atoms with Gasteiger partial charge in [-0.2, -0.15) is 0 Å². The summed E-state index contributed by atoms with van der Waals surface area (Å²) in [4.78, 5) is 12.5. The van der Waals surface area contributed by atoms with E-state index in [9.17, 15) is 4.79 Å². The summed E-state index contributed by atoms with van der Waals surface area (Å²) in [5, 5.41) is 3.47. The molecule has 0 aromatic carbocycles. The summed E-state index contributed by atoms with van der Waals surface area (Å²) in [6.07, 6.45) is 9.67. The number of nitrogens with two attached hydrogens (primary N) is 1. The molecule has 0 aromatic heterocycles. The quantitative estimate of drug-likeness (QED) is 0.790. The van der Waals surface area contributed by atoms with Crippen LogP contribution in [-0.2, 0) is 4.79 Å². The molecule has 120 valence electrons. The molecule has 1 amide bonds. The van der Waals surface area contributed by atoms with Crippen molar-refractivity contribution in [3.8, 4) is 0 Å². The average Bonchev–Trinajstić information content (AvgIpc) is 2.34. The number of rotatable bonds is 6. The summed E-state index contributed by atoms with van der Waals surface area (Å²) in [5.74, 6) is 3.88. The summed E-state index contributed by atoms with van der Waals surface area (Å²) < 4.78 is 0. The third kappa shape index (κ3) is 3.44. The van der Waals surface area contributed by atoms with Crippen molar-refractivity contribution in [3.05, 3.63) is 0 Å². The predicted octanol–water partition coefficient (Wildman–Crippen LogP) is 3.08. The van der Waals surface area contributed by atoms with Gasteiger partial charge < -0.3 is 11.1 Å². The van der Waals surface area contributed by atoms with Crippen molar-refractivity contribution >= 4 is 5.91 Å². The van der Waals surface area contributed by atoms with Crippen molar-refractivity contribution in [3.63, 3.8) is 0 Å². The molecule has 1 unspecified atom stereocenters. The number of amides is 1. The maximum absolute atomic E-state index is 12.5. The Kier molecular flexibility index (Phi) is 4.31. The van der Waals surface area contributed by atoms with Crippen LogP contribution < -0.4 is 11.1 Å². The summed E-state index contributed by atoms with van der Waals surface area (Å²) in [7, 11) is 0. The van der Waals surface area contributed by atoms with E-state index in [4.69, 9.17) is 5.73 Å². The second kappa shape index (κ2) is 5.91. The molecule has 0 heterocycles. The van der Waals surface area contributed by atoms with E-state index >= 15 is 0 Å². The number of hydrogen-bond acceptors (Lipinski definition) is 2. The minimum atomic E-state index is 0.156. The monoisotopic (exact) mass is 292 g/mol. The number of carbonyl (C=O) groups is 1. The summed E-state index contributed by atoms with van der Waals surface area (Å²) >= 11 is 0. The maximum atomic E-state index is 12.5. The first-order valence-electron chi connectivity index (χ1n) is 8.99. The Hall–Kier alpha value is -0.570. The largest absolute Gasteiger partial charge is 0.351 e. The minimum absolute atomic E-state index is 0.156. The predicted molar refractivity (Wildman–Crippen MR) is 85.7 cm³/mol. The molecular formula is C18H32N2O. The first kappa shape index (κ1) is 15.3. The Bertz CT molecular complexity index is 355. The van der Waals surface area contributed by atoms with Crippen LogP contribution in [-0.4, -0.2) is 18.0 Å². The highest BCUT2D eigenvalue weighted by Gasteiger charge is 2.51. The van der Waals surface area contributed by atoms with E-state index in [2.05, 4.69) is 19.2 Å². The maximum Gasteiger partial charge on any atom is 0.220 e. The first-order valence-corrected chi connectivity index (χ1v) is 8.99. The smallest absolute Gasteiger partial charge is 0.220 e. The van der Waals surface area contributed by atoms with Crippen molar-refractivity contribution in [2.45, 2.75) is 70.8 Å². The lowest BCUT2D eigenvalue weighted by Crippen LogP contribution is -2.60. The fraction of sp³-hybridized carbons (Fsp3) is 0.944. The normalized spacial score (nSPS) is 38.8. The van der Waals surface area contributed by atoms with Gasteiger partial charge in [0.2, 0.25) is 5.91 Å². The van der Waals surface area contributed by atoms with E-state index in [-0.39, 0.29) is 11.4 Å². The van der Waals surface area contributed by atoms with E-state index in [1.54, 1.807) is 0 Å². The Morgan fingerprint density at radius 2 is 1.67 bits per heavy atom. The molecule has 0 aromatic rings. The lowest BCUT2D eigenvalue weighted by Gasteiger charge is -2.57. The van der Waals surface area contributed by atoms with Gasteiger partial charge in [0.15, 0.2) is 0 Å². The number of nitrogens with one attached hydrogen (secondary N) is 1. The average molecular weight is 292 g/mol. The summed E-state index contributed by atoms with van der Waals surface area (Å²) in [5.41, 5.74) is 6.01. The minimum Gasteiger partial charge on any atom is -0.351 e. The Morgan fingerprint density at radius 3 is 2.10 bits per heavy atom. The van der Waals surface area contributed by atoms with Gasteiger partial charge >= 0.3 is 0 Å². The van der Waals surface area contributed by atoms with E-state index in [1.165, 1.54) is 38.5 Å². The lowest BCUT2D eigenvalue weighted by atomic mass is 9.53. The topological polar surface area (TPSA) is 55.1 Å². The molecule has 0 radical (unpaired) electrons. The van der Waals surface area contributed by atoms with Crippen LogP contribution >= 0.6 is 0 Å². The molecule has 4 rings (SSSR count). The van der Waals surface area contributed by atoms with E-state index < -0.39 is 0 Å². The van der Waals surface area contributed by atoms with Gasteiger partial charge in [0.25, 0.3) is 0 Å². The second-order valence-corrected chi connectivity index (χ2v) is 8.68. The molecule has 4 saturated carbocycles. The highest BCUT2D eigenvalue weighted by atomic mass is 16.1. The zero-order valence-electron chi connectivity index (χ0n) is 13.7. The standard InChI is InChI=1S/C18H32N2O/c1-12(2)3-16(11-19)7-17(21)20-18-8-13-4-14(9-18)6-15(5-13)10-18/h12-16H,3-11,19H2,1-2H3,(H,20,21). The molecule has 4 fully saturated rings. The van der Waals surface area contributed by atoms with Crippen LogP contribution in [0.4, 0.5) is 0 Å².